The maximum Gasteiger partial charge on any atom is 0.0507 e. The van der Waals surface area contributed by atoms with Crippen LogP contribution in [0, 0.1) is 0 Å². The summed E-state index contributed by atoms with van der Waals surface area (Å²) in [4.78, 5) is 5.00. The summed E-state index contributed by atoms with van der Waals surface area (Å²) in [6, 6.07) is 2.87. The molecule has 0 aliphatic carbocycles. The summed E-state index contributed by atoms with van der Waals surface area (Å²) < 4.78 is 0. The molecule has 2 heterocycles. The number of rotatable bonds is 4. The Labute approximate surface area is 115 Å². The Morgan fingerprint density at radius 2 is 2.17 bits per heavy atom. The topological polar surface area (TPSA) is 32.5 Å². The van der Waals surface area contributed by atoms with E-state index >= 15 is 0 Å². The van der Waals surface area contributed by atoms with Gasteiger partial charge in [-0.3, -0.25) is 4.90 Å². The summed E-state index contributed by atoms with van der Waals surface area (Å²) in [5.41, 5.74) is 7.78. The molecule has 1 aromatic heterocycles. The van der Waals surface area contributed by atoms with E-state index in [9.17, 15) is 0 Å². The molecule has 18 heavy (non-hydrogen) atoms. The predicted octanol–water partition coefficient (Wildman–Crippen LogP) is 2.16. The lowest BCUT2D eigenvalue weighted by Gasteiger charge is -2.34. The first kappa shape index (κ1) is 14.0. The van der Waals surface area contributed by atoms with Gasteiger partial charge in [0.2, 0.25) is 0 Å². The van der Waals surface area contributed by atoms with Gasteiger partial charge in [0.15, 0.2) is 0 Å². The molecular weight excluding hydrogens is 242 g/mol. The zero-order chi connectivity index (χ0) is 13.0. The van der Waals surface area contributed by atoms with Crippen molar-refractivity contribution in [1.29, 1.82) is 0 Å². The van der Waals surface area contributed by atoms with Gasteiger partial charge in [-0.2, -0.15) is 11.3 Å². The van der Waals surface area contributed by atoms with Crippen LogP contribution in [0.3, 0.4) is 0 Å². The molecule has 1 fully saturated rings. The first-order valence-electron chi connectivity index (χ1n) is 6.92. The standard InChI is InChI=1S/C14H25N3S/c1-3-13(15)14(12-5-10-18-11-12)17-7-4-6-16(2)8-9-17/h5,10-11,13-14H,3-4,6-9,15H2,1-2H3. The van der Waals surface area contributed by atoms with Gasteiger partial charge in [-0.15, -0.1) is 0 Å². The molecule has 2 atom stereocenters. The minimum atomic E-state index is 0.239. The highest BCUT2D eigenvalue weighted by Gasteiger charge is 2.27. The highest BCUT2D eigenvalue weighted by atomic mass is 32.1. The molecule has 3 nitrogen and oxygen atoms in total. The van der Waals surface area contributed by atoms with Crippen LogP contribution < -0.4 is 5.73 Å². The fourth-order valence-electron chi connectivity index (χ4n) is 2.74. The molecule has 2 unspecified atom stereocenters. The molecule has 2 rings (SSSR count). The number of nitrogens with two attached hydrogens (primary N) is 1. The van der Waals surface area contributed by atoms with Crippen molar-refractivity contribution in [3.8, 4) is 0 Å². The van der Waals surface area contributed by atoms with Gasteiger partial charge in [0.05, 0.1) is 6.04 Å². The molecule has 0 spiro atoms. The molecule has 0 amide bonds. The van der Waals surface area contributed by atoms with Crippen LogP contribution in [-0.2, 0) is 0 Å². The summed E-state index contributed by atoms with van der Waals surface area (Å²) in [7, 11) is 2.21. The second-order valence-electron chi connectivity index (χ2n) is 5.27. The van der Waals surface area contributed by atoms with Gasteiger partial charge in [-0.05, 0) is 48.8 Å². The van der Waals surface area contributed by atoms with E-state index in [1.807, 2.05) is 0 Å². The zero-order valence-corrected chi connectivity index (χ0v) is 12.3. The number of likely N-dealkylation sites (N-methyl/N-ethyl adjacent to an activating group) is 1. The first-order chi connectivity index (χ1) is 8.72. The van der Waals surface area contributed by atoms with E-state index in [0.29, 0.717) is 6.04 Å². The maximum absolute atomic E-state index is 6.37. The summed E-state index contributed by atoms with van der Waals surface area (Å²) in [5.74, 6) is 0. The molecule has 1 aliphatic heterocycles. The molecule has 0 aromatic carbocycles. The third-order valence-corrected chi connectivity index (χ3v) is 4.61. The molecule has 4 heteroatoms. The van der Waals surface area contributed by atoms with Gasteiger partial charge in [-0.1, -0.05) is 6.92 Å². The van der Waals surface area contributed by atoms with Crippen molar-refractivity contribution >= 4 is 11.3 Å². The van der Waals surface area contributed by atoms with Gasteiger partial charge in [-0.25, -0.2) is 0 Å². The van der Waals surface area contributed by atoms with Crippen LogP contribution >= 0.6 is 11.3 Å². The molecule has 2 N–H and O–H groups in total. The minimum Gasteiger partial charge on any atom is -0.326 e. The van der Waals surface area contributed by atoms with E-state index in [0.717, 1.165) is 19.5 Å². The normalized spacial score (nSPS) is 22.6. The van der Waals surface area contributed by atoms with Crippen LogP contribution in [0.15, 0.2) is 16.8 Å². The van der Waals surface area contributed by atoms with Crippen LogP contribution in [0.5, 0.6) is 0 Å². The fourth-order valence-corrected chi connectivity index (χ4v) is 3.43. The number of hydrogen-bond acceptors (Lipinski definition) is 4. The Morgan fingerprint density at radius 3 is 2.83 bits per heavy atom. The number of thiophene rings is 1. The Kier molecular flexibility index (Phi) is 5.18. The van der Waals surface area contributed by atoms with Crippen LogP contribution in [-0.4, -0.2) is 49.1 Å². The lowest BCUT2D eigenvalue weighted by Crippen LogP contribution is -2.42. The van der Waals surface area contributed by atoms with E-state index in [1.165, 1.54) is 25.1 Å². The van der Waals surface area contributed by atoms with E-state index in [4.69, 9.17) is 5.73 Å². The smallest absolute Gasteiger partial charge is 0.0507 e. The van der Waals surface area contributed by atoms with Crippen molar-refractivity contribution < 1.29 is 0 Å². The molecular formula is C14H25N3S. The summed E-state index contributed by atoms with van der Waals surface area (Å²) >= 11 is 1.77. The molecule has 1 aromatic rings. The van der Waals surface area contributed by atoms with Crippen molar-refractivity contribution in [2.75, 3.05) is 33.2 Å². The third kappa shape index (κ3) is 3.32. The number of hydrogen-bond donors (Lipinski definition) is 1. The second kappa shape index (κ2) is 6.66. The zero-order valence-electron chi connectivity index (χ0n) is 11.5. The van der Waals surface area contributed by atoms with Crippen molar-refractivity contribution in [2.45, 2.75) is 31.8 Å². The first-order valence-corrected chi connectivity index (χ1v) is 7.87. The van der Waals surface area contributed by atoms with E-state index in [2.05, 4.69) is 40.6 Å². The molecule has 102 valence electrons. The van der Waals surface area contributed by atoms with Gasteiger partial charge in [0.1, 0.15) is 0 Å². The third-order valence-electron chi connectivity index (χ3n) is 3.91. The molecule has 0 saturated carbocycles. The van der Waals surface area contributed by atoms with E-state index in [1.54, 1.807) is 11.3 Å². The Hall–Kier alpha value is -0.420. The van der Waals surface area contributed by atoms with Crippen molar-refractivity contribution in [2.24, 2.45) is 5.73 Å². The highest BCUT2D eigenvalue weighted by Crippen LogP contribution is 2.27. The Balaban J connectivity index is 2.13. The predicted molar refractivity (Wildman–Crippen MR) is 79.0 cm³/mol. The lowest BCUT2D eigenvalue weighted by molar-refractivity contribution is 0.175. The summed E-state index contributed by atoms with van der Waals surface area (Å²) in [6.07, 6.45) is 2.28. The average Bonchev–Trinajstić information content (AvgIpc) is 2.80. The fraction of sp³-hybridized carbons (Fsp3) is 0.714. The van der Waals surface area contributed by atoms with Gasteiger partial charge in [0, 0.05) is 25.7 Å². The van der Waals surface area contributed by atoms with Crippen LogP contribution in [0.1, 0.15) is 31.4 Å². The van der Waals surface area contributed by atoms with Gasteiger partial charge < -0.3 is 10.6 Å². The number of nitrogens with zero attached hydrogens (tertiary/aromatic N) is 2. The summed E-state index contributed by atoms with van der Waals surface area (Å²) in [6.45, 7) is 6.84. The second-order valence-corrected chi connectivity index (χ2v) is 6.05. The van der Waals surface area contributed by atoms with E-state index in [-0.39, 0.29) is 6.04 Å². The monoisotopic (exact) mass is 267 g/mol. The van der Waals surface area contributed by atoms with E-state index < -0.39 is 0 Å². The molecule has 1 aliphatic rings. The van der Waals surface area contributed by atoms with Crippen LogP contribution in [0.25, 0.3) is 0 Å². The quantitative estimate of drug-likeness (QED) is 0.907. The maximum atomic E-state index is 6.37. The van der Waals surface area contributed by atoms with Gasteiger partial charge in [0.25, 0.3) is 0 Å². The van der Waals surface area contributed by atoms with Crippen molar-refractivity contribution in [1.82, 2.24) is 9.80 Å². The highest BCUT2D eigenvalue weighted by molar-refractivity contribution is 7.07. The molecule has 0 radical (unpaired) electrons. The van der Waals surface area contributed by atoms with Crippen LogP contribution in [0.2, 0.25) is 0 Å². The SMILES string of the molecule is CCC(N)C(c1ccsc1)N1CCCN(C)CC1. The lowest BCUT2D eigenvalue weighted by atomic mass is 9.98. The van der Waals surface area contributed by atoms with Crippen molar-refractivity contribution in [3.63, 3.8) is 0 Å². The van der Waals surface area contributed by atoms with Crippen molar-refractivity contribution in [3.05, 3.63) is 22.4 Å². The molecule has 0 bridgehead atoms. The largest absolute Gasteiger partial charge is 0.326 e. The molecule has 1 saturated heterocycles. The van der Waals surface area contributed by atoms with Gasteiger partial charge >= 0.3 is 0 Å². The summed E-state index contributed by atoms with van der Waals surface area (Å²) in [5, 5.41) is 4.42. The van der Waals surface area contributed by atoms with Crippen LogP contribution in [0.4, 0.5) is 0 Å². The Morgan fingerprint density at radius 1 is 1.33 bits per heavy atom. The minimum absolute atomic E-state index is 0.239. The Bertz CT molecular complexity index is 339. The average molecular weight is 267 g/mol.